The Hall–Kier alpha value is -4.39. The number of nitrogens with one attached hydrogen (secondary N) is 1. The van der Waals surface area contributed by atoms with Gasteiger partial charge in [0.25, 0.3) is 5.91 Å². The Morgan fingerprint density at radius 3 is 2.70 bits per heavy atom. The maximum atomic E-state index is 12.9. The molecular formula is C30H32N2O5. The fraction of sp³-hybridized carbons (Fsp3) is 0.233. The number of carbonyl (C=O) groups is 2. The van der Waals surface area contributed by atoms with E-state index in [1.54, 1.807) is 33.3 Å². The number of methoxy groups -OCH3 is 2. The van der Waals surface area contributed by atoms with Gasteiger partial charge in [-0.3, -0.25) is 4.79 Å². The summed E-state index contributed by atoms with van der Waals surface area (Å²) in [6.07, 6.45) is 7.35. The first-order valence-corrected chi connectivity index (χ1v) is 12.2. The van der Waals surface area contributed by atoms with Crippen LogP contribution in [0.2, 0.25) is 0 Å². The lowest BCUT2D eigenvalue weighted by Gasteiger charge is -2.13. The van der Waals surface area contributed by atoms with Crippen molar-refractivity contribution < 1.29 is 25.2 Å². The Morgan fingerprint density at radius 2 is 1.92 bits per heavy atom. The van der Waals surface area contributed by atoms with Gasteiger partial charge in [-0.2, -0.15) is 0 Å². The summed E-state index contributed by atoms with van der Waals surface area (Å²) >= 11 is 0. The van der Waals surface area contributed by atoms with Gasteiger partial charge in [0.1, 0.15) is 17.2 Å². The Balaban J connectivity index is 0.00000400. The van der Waals surface area contributed by atoms with E-state index in [0.29, 0.717) is 35.1 Å². The minimum atomic E-state index is -0.345. The summed E-state index contributed by atoms with van der Waals surface area (Å²) in [6.45, 7) is 2.39. The quantitative estimate of drug-likeness (QED) is 0.417. The van der Waals surface area contributed by atoms with E-state index in [4.69, 9.17) is 14.2 Å². The fourth-order valence-electron chi connectivity index (χ4n) is 4.11. The molecule has 7 heteroatoms. The first-order chi connectivity index (χ1) is 18.0. The minimum absolute atomic E-state index is 0. The van der Waals surface area contributed by atoms with Crippen LogP contribution in [0.1, 0.15) is 42.0 Å². The number of rotatable bonds is 8. The van der Waals surface area contributed by atoms with Gasteiger partial charge in [-0.1, -0.05) is 30.4 Å². The summed E-state index contributed by atoms with van der Waals surface area (Å²) in [5.74, 6) is 0.674. The van der Waals surface area contributed by atoms with Gasteiger partial charge in [-0.25, -0.2) is 9.78 Å². The lowest BCUT2D eigenvalue weighted by Crippen LogP contribution is -2.24. The highest BCUT2D eigenvalue weighted by atomic mass is 16.5. The molecule has 37 heavy (non-hydrogen) atoms. The van der Waals surface area contributed by atoms with Crippen LogP contribution in [-0.2, 0) is 22.5 Å². The van der Waals surface area contributed by atoms with E-state index in [1.807, 2.05) is 60.7 Å². The Bertz CT molecular complexity index is 1370. The van der Waals surface area contributed by atoms with Crippen molar-refractivity contribution in [2.75, 3.05) is 20.8 Å². The second-order valence-corrected chi connectivity index (χ2v) is 8.44. The number of ether oxygens (including phenoxy) is 3. The second-order valence-electron chi connectivity index (χ2n) is 8.44. The maximum absolute atomic E-state index is 12.9. The third kappa shape index (κ3) is 6.25. The van der Waals surface area contributed by atoms with Crippen LogP contribution in [0.3, 0.4) is 0 Å². The van der Waals surface area contributed by atoms with E-state index in [1.165, 1.54) is 0 Å². The van der Waals surface area contributed by atoms with Crippen molar-refractivity contribution in [3.63, 3.8) is 0 Å². The van der Waals surface area contributed by atoms with Crippen LogP contribution < -0.4 is 14.8 Å². The molecule has 4 rings (SSSR count). The third-order valence-electron chi connectivity index (χ3n) is 6.06. The molecular weight excluding hydrogens is 468 g/mol. The number of allylic oxidation sites excluding steroid dienone is 1. The van der Waals surface area contributed by atoms with Crippen LogP contribution in [0.15, 0.2) is 72.3 Å². The summed E-state index contributed by atoms with van der Waals surface area (Å²) in [6, 6.07) is 16.9. The third-order valence-corrected chi connectivity index (χ3v) is 6.06. The molecule has 0 aliphatic heterocycles. The average molecular weight is 501 g/mol. The number of aryl methyl sites for hydroxylation is 1. The standard InChI is InChI=1S/C30H30N2O5.H2/c1-4-37-30(34)22-9-6-5-8-20-12-13-21(16-24(20)17-22)26-10-7-11-27(32-26)29(33)31-19-23-14-15-25(35-2)18-28(23)36-3;/h6-7,9-18H,4-5,8,19H2,1-3H3,(H,31,33);1H/b9-6+,22-17+;. The molecule has 1 aromatic heterocycles. The van der Waals surface area contributed by atoms with E-state index < -0.39 is 0 Å². The van der Waals surface area contributed by atoms with Gasteiger partial charge < -0.3 is 19.5 Å². The smallest absolute Gasteiger partial charge is 0.338 e. The van der Waals surface area contributed by atoms with Crippen LogP contribution in [-0.4, -0.2) is 37.7 Å². The zero-order valence-electron chi connectivity index (χ0n) is 21.2. The number of amides is 1. The molecule has 192 valence electrons. The molecule has 0 spiro atoms. The molecule has 0 bridgehead atoms. The summed E-state index contributed by atoms with van der Waals surface area (Å²) in [7, 11) is 3.17. The molecule has 0 fully saturated rings. The maximum Gasteiger partial charge on any atom is 0.338 e. The van der Waals surface area contributed by atoms with Crippen molar-refractivity contribution in [2.24, 2.45) is 0 Å². The number of benzene rings is 2. The molecule has 3 aromatic rings. The molecule has 1 amide bonds. The van der Waals surface area contributed by atoms with E-state index in [2.05, 4.69) is 10.3 Å². The fourth-order valence-corrected chi connectivity index (χ4v) is 4.11. The van der Waals surface area contributed by atoms with Crippen LogP contribution in [0.25, 0.3) is 17.3 Å². The number of aromatic nitrogens is 1. The number of carbonyl (C=O) groups excluding carboxylic acids is 2. The van der Waals surface area contributed by atoms with Gasteiger partial charge in [0.05, 0.1) is 32.1 Å². The lowest BCUT2D eigenvalue weighted by atomic mass is 9.95. The summed E-state index contributed by atoms with van der Waals surface area (Å²) in [5, 5.41) is 2.91. The first-order valence-electron chi connectivity index (χ1n) is 12.2. The molecule has 1 N–H and O–H groups in total. The van der Waals surface area contributed by atoms with Gasteiger partial charge in [0.2, 0.25) is 0 Å². The van der Waals surface area contributed by atoms with Crippen LogP contribution in [0.4, 0.5) is 0 Å². The van der Waals surface area contributed by atoms with Crippen molar-refractivity contribution in [3.8, 4) is 22.8 Å². The van der Waals surface area contributed by atoms with Crippen LogP contribution in [0.5, 0.6) is 11.5 Å². The van der Waals surface area contributed by atoms with Crippen molar-refractivity contribution in [1.82, 2.24) is 10.3 Å². The lowest BCUT2D eigenvalue weighted by molar-refractivity contribution is -0.138. The number of hydrogen-bond donors (Lipinski definition) is 1. The normalized spacial score (nSPS) is 14.7. The zero-order chi connectivity index (χ0) is 26.2. The molecule has 1 heterocycles. The highest BCUT2D eigenvalue weighted by molar-refractivity contribution is 5.97. The van der Waals surface area contributed by atoms with Gasteiger partial charge in [-0.15, -0.1) is 0 Å². The van der Waals surface area contributed by atoms with Gasteiger partial charge >= 0.3 is 5.97 Å². The van der Waals surface area contributed by atoms with Crippen molar-refractivity contribution in [3.05, 3.63) is 94.7 Å². The SMILES string of the molecule is CCOC(=O)C1=C/c2cc(-c3cccc(C(=O)NCc4ccc(OC)cc4OC)n3)ccc2CC\C=C\1.[HH]. The molecule has 0 saturated carbocycles. The van der Waals surface area contributed by atoms with Crippen LogP contribution >= 0.6 is 0 Å². The Morgan fingerprint density at radius 1 is 1.05 bits per heavy atom. The highest BCUT2D eigenvalue weighted by Crippen LogP contribution is 2.27. The number of pyridine rings is 1. The van der Waals surface area contributed by atoms with Crippen LogP contribution in [0, 0.1) is 0 Å². The van der Waals surface area contributed by atoms with Gasteiger partial charge in [0, 0.05) is 25.2 Å². The topological polar surface area (TPSA) is 86.8 Å². The zero-order valence-corrected chi connectivity index (χ0v) is 21.2. The minimum Gasteiger partial charge on any atom is -0.497 e. The van der Waals surface area contributed by atoms with Crippen molar-refractivity contribution >= 4 is 18.0 Å². The van der Waals surface area contributed by atoms with E-state index in [9.17, 15) is 9.59 Å². The first kappa shape index (κ1) is 25.7. The van der Waals surface area contributed by atoms with Gasteiger partial charge in [0.15, 0.2) is 0 Å². The van der Waals surface area contributed by atoms with Gasteiger partial charge in [-0.05, 0) is 67.3 Å². The van der Waals surface area contributed by atoms with Crippen molar-refractivity contribution in [1.29, 1.82) is 0 Å². The molecule has 1 aliphatic rings. The van der Waals surface area contributed by atoms with E-state index in [-0.39, 0.29) is 19.8 Å². The monoisotopic (exact) mass is 500 g/mol. The molecule has 0 saturated heterocycles. The number of esters is 1. The predicted octanol–water partition coefficient (Wildman–Crippen LogP) is 5.39. The number of hydrogen-bond acceptors (Lipinski definition) is 6. The second kappa shape index (κ2) is 12.0. The molecule has 2 aromatic carbocycles. The van der Waals surface area contributed by atoms with E-state index >= 15 is 0 Å². The van der Waals surface area contributed by atoms with Crippen molar-refractivity contribution in [2.45, 2.75) is 26.3 Å². The largest absolute Gasteiger partial charge is 0.497 e. The average Bonchev–Trinajstić information content (AvgIpc) is 2.92. The molecule has 0 atom stereocenters. The Kier molecular flexibility index (Phi) is 8.36. The molecule has 1 aliphatic carbocycles. The predicted molar refractivity (Wildman–Crippen MR) is 145 cm³/mol. The number of fused-ring (bicyclic) bond motifs is 1. The summed E-state index contributed by atoms with van der Waals surface area (Å²) < 4.78 is 15.8. The summed E-state index contributed by atoms with van der Waals surface area (Å²) in [4.78, 5) is 29.9. The Labute approximate surface area is 218 Å². The molecule has 0 radical (unpaired) electrons. The molecule has 0 unspecified atom stereocenters. The summed E-state index contributed by atoms with van der Waals surface area (Å²) in [5.41, 5.74) is 5.24. The molecule has 7 nitrogen and oxygen atoms in total. The number of nitrogens with zero attached hydrogens (tertiary/aromatic N) is 1. The highest BCUT2D eigenvalue weighted by Gasteiger charge is 2.14. The van der Waals surface area contributed by atoms with E-state index in [0.717, 1.165) is 35.1 Å².